The fourth-order valence-corrected chi connectivity index (χ4v) is 4.07. The third kappa shape index (κ3) is 2.89. The molecule has 0 unspecified atom stereocenters. The molecular formula is C20H32O2Si. The van der Waals surface area contributed by atoms with Crippen molar-refractivity contribution in [3.63, 3.8) is 0 Å². The zero-order chi connectivity index (χ0) is 17.7. The van der Waals surface area contributed by atoms with E-state index in [4.69, 9.17) is 4.43 Å². The monoisotopic (exact) mass is 332 g/mol. The van der Waals surface area contributed by atoms with Gasteiger partial charge in [0.1, 0.15) is 5.75 Å². The van der Waals surface area contributed by atoms with Crippen molar-refractivity contribution >= 4 is 8.32 Å². The normalized spacial score (nSPS) is 28.2. The molecule has 1 aliphatic carbocycles. The third-order valence-electron chi connectivity index (χ3n) is 6.20. The van der Waals surface area contributed by atoms with Crippen LogP contribution >= 0.6 is 0 Å². The van der Waals surface area contributed by atoms with Gasteiger partial charge in [-0.3, -0.25) is 0 Å². The van der Waals surface area contributed by atoms with Gasteiger partial charge in [0.2, 0.25) is 8.32 Å². The molecule has 1 fully saturated rings. The Bertz CT molecular complexity index is 615. The molecule has 1 saturated carbocycles. The van der Waals surface area contributed by atoms with Gasteiger partial charge in [-0.05, 0) is 49.5 Å². The van der Waals surface area contributed by atoms with Gasteiger partial charge in [0.25, 0.3) is 0 Å². The maximum atomic E-state index is 10.9. The highest BCUT2D eigenvalue weighted by Gasteiger charge is 2.55. The van der Waals surface area contributed by atoms with Crippen molar-refractivity contribution in [2.75, 3.05) is 0 Å². The maximum Gasteiger partial charge on any atom is 0.250 e. The van der Waals surface area contributed by atoms with Gasteiger partial charge in [-0.15, -0.1) is 6.58 Å². The van der Waals surface area contributed by atoms with Crippen molar-refractivity contribution in [1.82, 2.24) is 0 Å². The molecule has 0 amide bonds. The highest BCUT2D eigenvalue weighted by Crippen LogP contribution is 2.55. The van der Waals surface area contributed by atoms with Crippen molar-refractivity contribution in [3.8, 4) is 5.75 Å². The van der Waals surface area contributed by atoms with Gasteiger partial charge in [-0.1, -0.05) is 45.9 Å². The quantitative estimate of drug-likeness (QED) is 0.595. The number of aliphatic hydroxyl groups is 1. The molecule has 0 aromatic heterocycles. The molecule has 1 aliphatic rings. The Kier molecular flexibility index (Phi) is 4.36. The lowest BCUT2D eigenvalue weighted by Crippen LogP contribution is -2.57. The van der Waals surface area contributed by atoms with Gasteiger partial charge in [0.05, 0.1) is 5.60 Å². The van der Waals surface area contributed by atoms with Crippen molar-refractivity contribution in [2.45, 2.75) is 76.6 Å². The molecule has 128 valence electrons. The minimum Gasteiger partial charge on any atom is -0.543 e. The summed E-state index contributed by atoms with van der Waals surface area (Å²) in [4.78, 5) is 0. The number of rotatable bonds is 4. The molecule has 0 radical (unpaired) electrons. The van der Waals surface area contributed by atoms with Crippen LogP contribution in [0, 0.1) is 6.92 Å². The van der Waals surface area contributed by atoms with Crippen LogP contribution in [0.2, 0.25) is 18.1 Å². The fourth-order valence-electron chi connectivity index (χ4n) is 3.05. The maximum absolute atomic E-state index is 10.9. The molecule has 0 spiro atoms. The van der Waals surface area contributed by atoms with Crippen LogP contribution in [0.4, 0.5) is 0 Å². The summed E-state index contributed by atoms with van der Waals surface area (Å²) in [6.07, 6.45) is 3.42. The van der Waals surface area contributed by atoms with Crippen molar-refractivity contribution in [1.29, 1.82) is 0 Å². The van der Waals surface area contributed by atoms with Gasteiger partial charge >= 0.3 is 0 Å². The molecular weight excluding hydrogens is 300 g/mol. The second-order valence-corrected chi connectivity index (χ2v) is 13.5. The topological polar surface area (TPSA) is 29.5 Å². The zero-order valence-electron chi connectivity index (χ0n) is 15.8. The molecule has 1 aromatic carbocycles. The minimum absolute atomic E-state index is 0.142. The molecule has 0 aliphatic heterocycles. The lowest BCUT2D eigenvalue weighted by Gasteiger charge is -2.54. The van der Waals surface area contributed by atoms with E-state index < -0.39 is 13.9 Å². The standard InChI is InChI=1S/C20H32O2Si/c1-9-20(21)13-12-19(20,6)16-11-10-15(2)14-17(16)22-23(7,8)18(3,4)5/h9-11,14,21H,1,12-13H2,2-8H3/t19-,20-/m0/s1. The Balaban J connectivity index is 2.50. The molecule has 1 N–H and O–H groups in total. The van der Waals surface area contributed by atoms with Gasteiger partial charge in [-0.2, -0.15) is 0 Å². The first-order chi connectivity index (χ1) is 10.4. The summed E-state index contributed by atoms with van der Waals surface area (Å²) in [5.41, 5.74) is 1.14. The van der Waals surface area contributed by atoms with Gasteiger partial charge in [0.15, 0.2) is 0 Å². The minimum atomic E-state index is -1.93. The smallest absolute Gasteiger partial charge is 0.250 e. The van der Waals surface area contributed by atoms with E-state index in [-0.39, 0.29) is 10.5 Å². The first-order valence-electron chi connectivity index (χ1n) is 8.52. The Morgan fingerprint density at radius 1 is 1.26 bits per heavy atom. The van der Waals surface area contributed by atoms with Crippen molar-refractivity contribution in [2.24, 2.45) is 0 Å². The van der Waals surface area contributed by atoms with E-state index in [1.807, 2.05) is 0 Å². The molecule has 1 aromatic rings. The number of hydrogen-bond acceptors (Lipinski definition) is 2. The summed E-state index contributed by atoms with van der Waals surface area (Å²) < 4.78 is 6.63. The third-order valence-corrected chi connectivity index (χ3v) is 10.5. The molecule has 23 heavy (non-hydrogen) atoms. The van der Waals surface area contributed by atoms with Crippen LogP contribution in [-0.2, 0) is 5.41 Å². The largest absolute Gasteiger partial charge is 0.543 e. The first-order valence-corrected chi connectivity index (χ1v) is 11.4. The van der Waals surface area contributed by atoms with Crippen LogP contribution in [0.1, 0.15) is 51.7 Å². The predicted octanol–water partition coefficient (Wildman–Crippen LogP) is 5.35. The summed E-state index contributed by atoms with van der Waals surface area (Å²) in [5, 5.41) is 11.0. The van der Waals surface area contributed by atoms with Crippen LogP contribution in [0.3, 0.4) is 0 Å². The van der Waals surface area contributed by atoms with E-state index in [2.05, 4.69) is 72.5 Å². The lowest BCUT2D eigenvalue weighted by molar-refractivity contribution is -0.0697. The Hall–Kier alpha value is -1.06. The number of hydrogen-bond donors (Lipinski definition) is 1. The lowest BCUT2D eigenvalue weighted by atomic mass is 9.54. The van der Waals surface area contributed by atoms with E-state index in [1.54, 1.807) is 6.08 Å². The highest BCUT2D eigenvalue weighted by molar-refractivity contribution is 6.74. The Morgan fingerprint density at radius 2 is 1.87 bits per heavy atom. The van der Waals surface area contributed by atoms with E-state index >= 15 is 0 Å². The summed E-state index contributed by atoms with van der Waals surface area (Å²) >= 11 is 0. The molecule has 0 saturated heterocycles. The van der Waals surface area contributed by atoms with Crippen LogP contribution in [0.15, 0.2) is 30.9 Å². The van der Waals surface area contributed by atoms with Crippen LogP contribution in [0.25, 0.3) is 0 Å². The SMILES string of the molecule is C=C[C@]1(O)CC[C@@]1(C)c1ccc(C)cc1O[Si](C)(C)C(C)(C)C. The molecule has 0 heterocycles. The zero-order valence-corrected chi connectivity index (χ0v) is 16.8. The second-order valence-electron chi connectivity index (χ2n) is 8.82. The summed E-state index contributed by atoms with van der Waals surface area (Å²) in [5.74, 6) is 0.944. The van der Waals surface area contributed by atoms with Crippen molar-refractivity contribution in [3.05, 3.63) is 42.0 Å². The average molecular weight is 333 g/mol. The van der Waals surface area contributed by atoms with Crippen LogP contribution in [0.5, 0.6) is 5.75 Å². The fraction of sp³-hybridized carbons (Fsp3) is 0.600. The van der Waals surface area contributed by atoms with Gasteiger partial charge < -0.3 is 9.53 Å². The Morgan fingerprint density at radius 3 is 2.30 bits per heavy atom. The van der Waals surface area contributed by atoms with Crippen LogP contribution in [-0.4, -0.2) is 19.0 Å². The summed E-state index contributed by atoms with van der Waals surface area (Å²) in [6.45, 7) is 19.4. The molecule has 2 nitrogen and oxygen atoms in total. The molecule has 2 rings (SSSR count). The predicted molar refractivity (Wildman–Crippen MR) is 101 cm³/mol. The number of aryl methyl sites for hydroxylation is 1. The highest BCUT2D eigenvalue weighted by atomic mass is 28.4. The van der Waals surface area contributed by atoms with Crippen LogP contribution < -0.4 is 4.43 Å². The first kappa shape index (κ1) is 18.3. The van der Waals surface area contributed by atoms with Crippen molar-refractivity contribution < 1.29 is 9.53 Å². The van der Waals surface area contributed by atoms with E-state index in [1.165, 1.54) is 5.56 Å². The number of benzene rings is 1. The van der Waals surface area contributed by atoms with E-state index in [0.29, 0.717) is 0 Å². The second kappa shape index (κ2) is 5.49. The summed E-state index contributed by atoms with van der Waals surface area (Å²) in [6, 6.07) is 6.37. The van der Waals surface area contributed by atoms with Gasteiger partial charge in [-0.25, -0.2) is 0 Å². The van der Waals surface area contributed by atoms with E-state index in [9.17, 15) is 5.11 Å². The van der Waals surface area contributed by atoms with Gasteiger partial charge in [0, 0.05) is 11.0 Å². The Labute approximate surface area is 142 Å². The molecule has 0 bridgehead atoms. The average Bonchev–Trinajstić information content (AvgIpc) is 2.43. The molecule has 2 atom stereocenters. The van der Waals surface area contributed by atoms with E-state index in [0.717, 1.165) is 24.2 Å². The molecule has 3 heteroatoms. The summed E-state index contributed by atoms with van der Waals surface area (Å²) in [7, 11) is -1.93.